The van der Waals surface area contributed by atoms with Gasteiger partial charge in [-0.25, -0.2) is 0 Å². The highest BCUT2D eigenvalue weighted by Gasteiger charge is 2.32. The average molecular weight is 418 g/mol. The largest absolute Gasteiger partial charge is 0.490 e. The van der Waals surface area contributed by atoms with Crippen molar-refractivity contribution in [2.45, 2.75) is 33.8 Å². The van der Waals surface area contributed by atoms with E-state index in [-0.39, 0.29) is 18.1 Å². The first-order chi connectivity index (χ1) is 14.1. The van der Waals surface area contributed by atoms with E-state index in [0.29, 0.717) is 35.8 Å². The summed E-state index contributed by atoms with van der Waals surface area (Å²) in [7, 11) is 0. The van der Waals surface area contributed by atoms with Crippen LogP contribution in [0, 0.1) is 5.41 Å². The van der Waals surface area contributed by atoms with Crippen LogP contribution in [0.2, 0.25) is 0 Å². The zero-order chi connectivity index (χ0) is 21.9. The molecule has 2 aromatic rings. The number of nitrogens with one attached hydrogen (secondary N) is 1. The van der Waals surface area contributed by atoms with E-state index in [2.05, 4.69) is 10.1 Å². The Morgan fingerprint density at radius 3 is 2.63 bits per heavy atom. The van der Waals surface area contributed by atoms with Gasteiger partial charge in [-0.05, 0) is 24.3 Å². The van der Waals surface area contributed by atoms with Gasteiger partial charge < -0.3 is 19.7 Å². The summed E-state index contributed by atoms with van der Waals surface area (Å²) in [6.07, 6.45) is -0.138. The number of carbonyl (C=O) groups is 2. The number of para-hydroxylation sites is 1. The smallest absolute Gasteiger partial charge is 0.387 e. The third-order valence-electron chi connectivity index (χ3n) is 4.53. The zero-order valence-electron chi connectivity index (χ0n) is 17.1. The fraction of sp³-hybridized carbons (Fsp3) is 0.364. The highest BCUT2D eigenvalue weighted by Crippen LogP contribution is 2.36. The molecule has 0 aliphatic carbocycles. The third kappa shape index (κ3) is 5.06. The van der Waals surface area contributed by atoms with Crippen LogP contribution in [-0.4, -0.2) is 31.6 Å². The number of hydrogen-bond acceptors (Lipinski definition) is 4. The van der Waals surface area contributed by atoms with E-state index in [1.807, 2.05) is 20.8 Å². The SMILES string of the molecule is CC(C)(C)C(=O)N1CCOc2ccc(NC(=O)Cc3ccccc3OC(F)F)cc21. The van der Waals surface area contributed by atoms with Crippen LogP contribution in [0.1, 0.15) is 26.3 Å². The lowest BCUT2D eigenvalue weighted by molar-refractivity contribution is -0.126. The summed E-state index contributed by atoms with van der Waals surface area (Å²) >= 11 is 0. The predicted molar refractivity (Wildman–Crippen MR) is 109 cm³/mol. The van der Waals surface area contributed by atoms with E-state index in [9.17, 15) is 18.4 Å². The fourth-order valence-corrected chi connectivity index (χ4v) is 3.15. The minimum atomic E-state index is -2.97. The van der Waals surface area contributed by atoms with Gasteiger partial charge in [0.1, 0.15) is 18.1 Å². The van der Waals surface area contributed by atoms with Gasteiger partial charge >= 0.3 is 6.61 Å². The summed E-state index contributed by atoms with van der Waals surface area (Å²) in [6, 6.07) is 11.2. The van der Waals surface area contributed by atoms with Gasteiger partial charge in [0.2, 0.25) is 11.8 Å². The van der Waals surface area contributed by atoms with Crippen molar-refractivity contribution >= 4 is 23.2 Å². The Bertz CT molecular complexity index is 941. The standard InChI is InChI=1S/C22H24F2N2O4/c1-22(2,3)20(28)26-10-11-29-18-9-8-15(13-16(18)26)25-19(27)12-14-6-4-5-7-17(14)30-21(23)24/h4-9,13,21H,10-12H2,1-3H3,(H,25,27). The Kier molecular flexibility index (Phi) is 6.24. The molecule has 30 heavy (non-hydrogen) atoms. The van der Waals surface area contributed by atoms with Gasteiger partial charge in [0.15, 0.2) is 0 Å². The van der Waals surface area contributed by atoms with Gasteiger partial charge in [-0.2, -0.15) is 8.78 Å². The van der Waals surface area contributed by atoms with Gasteiger partial charge in [-0.15, -0.1) is 0 Å². The topological polar surface area (TPSA) is 67.9 Å². The highest BCUT2D eigenvalue weighted by atomic mass is 19.3. The molecular weight excluding hydrogens is 394 g/mol. The number of benzene rings is 2. The van der Waals surface area contributed by atoms with Gasteiger partial charge in [0.05, 0.1) is 18.7 Å². The van der Waals surface area contributed by atoms with E-state index >= 15 is 0 Å². The quantitative estimate of drug-likeness (QED) is 0.789. The van der Waals surface area contributed by atoms with Crippen LogP contribution in [0.25, 0.3) is 0 Å². The lowest BCUT2D eigenvalue weighted by atomic mass is 9.94. The number of amides is 2. The molecule has 0 saturated heterocycles. The number of carbonyl (C=O) groups excluding carboxylic acids is 2. The molecule has 1 aliphatic rings. The molecule has 2 amide bonds. The molecule has 0 fully saturated rings. The number of anilines is 2. The number of ether oxygens (including phenoxy) is 2. The summed E-state index contributed by atoms with van der Waals surface area (Å²) < 4.78 is 35.2. The van der Waals surface area contributed by atoms with Crippen LogP contribution < -0.4 is 19.7 Å². The molecule has 1 N–H and O–H groups in total. The number of hydrogen-bond donors (Lipinski definition) is 1. The maximum atomic E-state index is 12.8. The number of alkyl halides is 2. The molecule has 6 nitrogen and oxygen atoms in total. The number of rotatable bonds is 5. The maximum Gasteiger partial charge on any atom is 0.387 e. The van der Waals surface area contributed by atoms with Crippen molar-refractivity contribution in [3.8, 4) is 11.5 Å². The predicted octanol–water partition coefficient (Wildman–Crippen LogP) is 4.24. The summed E-state index contributed by atoms with van der Waals surface area (Å²) in [6.45, 7) is 3.36. The number of fused-ring (bicyclic) bond motifs is 1. The van der Waals surface area contributed by atoms with Crippen molar-refractivity contribution in [1.82, 2.24) is 0 Å². The Morgan fingerprint density at radius 1 is 1.20 bits per heavy atom. The molecule has 1 aliphatic heterocycles. The van der Waals surface area contributed by atoms with Crippen LogP contribution in [0.3, 0.4) is 0 Å². The summed E-state index contributed by atoms with van der Waals surface area (Å²) in [5.41, 5.74) is 0.840. The second-order valence-corrected chi connectivity index (χ2v) is 7.95. The first-order valence-corrected chi connectivity index (χ1v) is 9.56. The zero-order valence-corrected chi connectivity index (χ0v) is 17.1. The second kappa shape index (κ2) is 8.69. The molecule has 0 atom stereocenters. The molecule has 2 aromatic carbocycles. The lowest BCUT2D eigenvalue weighted by Gasteiger charge is -2.34. The highest BCUT2D eigenvalue weighted by molar-refractivity contribution is 6.00. The molecule has 0 aromatic heterocycles. The van der Waals surface area contributed by atoms with E-state index in [4.69, 9.17) is 4.74 Å². The molecular formula is C22H24F2N2O4. The Balaban J connectivity index is 1.77. The van der Waals surface area contributed by atoms with E-state index < -0.39 is 17.9 Å². The van der Waals surface area contributed by atoms with Gasteiger partial charge in [0, 0.05) is 16.7 Å². The molecule has 0 radical (unpaired) electrons. The molecule has 3 rings (SSSR count). The summed E-state index contributed by atoms with van der Waals surface area (Å²) in [4.78, 5) is 26.9. The normalized spacial score (nSPS) is 13.5. The summed E-state index contributed by atoms with van der Waals surface area (Å²) in [5, 5.41) is 2.74. The van der Waals surface area contributed by atoms with Crippen LogP contribution >= 0.6 is 0 Å². The monoisotopic (exact) mass is 418 g/mol. The number of halogens is 2. The van der Waals surface area contributed by atoms with Crippen LogP contribution in [-0.2, 0) is 16.0 Å². The molecule has 0 spiro atoms. The Labute approximate surface area is 173 Å². The molecule has 8 heteroatoms. The van der Waals surface area contributed by atoms with Crippen molar-refractivity contribution in [1.29, 1.82) is 0 Å². The van der Waals surface area contributed by atoms with Crippen LogP contribution in [0.5, 0.6) is 11.5 Å². The van der Waals surface area contributed by atoms with Gasteiger partial charge in [-0.1, -0.05) is 39.0 Å². The second-order valence-electron chi connectivity index (χ2n) is 7.95. The minimum absolute atomic E-state index is 0.0385. The van der Waals surface area contributed by atoms with E-state index in [1.54, 1.807) is 41.3 Å². The minimum Gasteiger partial charge on any atom is -0.490 e. The van der Waals surface area contributed by atoms with Crippen molar-refractivity contribution < 1.29 is 27.8 Å². The lowest BCUT2D eigenvalue weighted by Crippen LogP contribution is -2.44. The average Bonchev–Trinajstić information content (AvgIpc) is 2.67. The molecule has 1 heterocycles. The van der Waals surface area contributed by atoms with Crippen LogP contribution in [0.15, 0.2) is 42.5 Å². The van der Waals surface area contributed by atoms with Crippen molar-refractivity contribution in [3.63, 3.8) is 0 Å². The van der Waals surface area contributed by atoms with Crippen molar-refractivity contribution in [3.05, 3.63) is 48.0 Å². The first-order valence-electron chi connectivity index (χ1n) is 9.56. The molecule has 0 unspecified atom stereocenters. The Hall–Kier alpha value is -3.16. The Morgan fingerprint density at radius 2 is 1.93 bits per heavy atom. The summed E-state index contributed by atoms with van der Waals surface area (Å²) in [5.74, 6) is 0.0789. The fourth-order valence-electron chi connectivity index (χ4n) is 3.15. The number of nitrogens with zero attached hydrogens (tertiary/aromatic N) is 1. The van der Waals surface area contributed by atoms with Gasteiger partial charge in [-0.3, -0.25) is 9.59 Å². The molecule has 160 valence electrons. The molecule has 0 bridgehead atoms. The molecule has 0 saturated carbocycles. The van der Waals surface area contributed by atoms with Crippen molar-refractivity contribution in [2.24, 2.45) is 5.41 Å². The third-order valence-corrected chi connectivity index (χ3v) is 4.53. The van der Waals surface area contributed by atoms with E-state index in [0.717, 1.165) is 0 Å². The van der Waals surface area contributed by atoms with E-state index in [1.165, 1.54) is 6.07 Å². The maximum absolute atomic E-state index is 12.8. The van der Waals surface area contributed by atoms with Gasteiger partial charge in [0.25, 0.3) is 0 Å². The van der Waals surface area contributed by atoms with Crippen molar-refractivity contribution in [2.75, 3.05) is 23.4 Å². The van der Waals surface area contributed by atoms with Crippen LogP contribution in [0.4, 0.5) is 20.2 Å². The first kappa shape index (κ1) is 21.5.